The normalized spacial score (nSPS) is 17.0. The molecule has 0 amide bonds. The standard InChI is InChI=1S/C23H28N4O/c1-16-4-6-19(7-5-16)21-15-18(3)27(25-21)22(26-10-12-28-13-11-26)14-17(2)23(24)20-8-9-20/h4-7,14-15H,2,8-13,24H2,1,3H3/b22-14-. The van der Waals surface area contributed by atoms with Crippen LogP contribution in [0.5, 0.6) is 0 Å². The highest BCUT2D eigenvalue weighted by atomic mass is 16.5. The molecule has 2 fully saturated rings. The van der Waals surface area contributed by atoms with Crippen molar-refractivity contribution in [2.75, 3.05) is 26.3 Å². The second-order valence-electron chi connectivity index (χ2n) is 7.59. The first kappa shape index (κ1) is 18.6. The first-order valence-corrected chi connectivity index (χ1v) is 9.88. The van der Waals surface area contributed by atoms with Crippen molar-refractivity contribution in [2.45, 2.75) is 26.7 Å². The molecule has 0 radical (unpaired) electrons. The average Bonchev–Trinajstić information content (AvgIpc) is 3.49. The molecule has 0 atom stereocenters. The lowest BCUT2D eigenvalue weighted by Crippen LogP contribution is -2.37. The number of hydrogen-bond acceptors (Lipinski definition) is 4. The van der Waals surface area contributed by atoms with E-state index in [0.717, 1.165) is 60.0 Å². The summed E-state index contributed by atoms with van der Waals surface area (Å²) < 4.78 is 7.56. The Morgan fingerprint density at radius 2 is 1.82 bits per heavy atom. The van der Waals surface area contributed by atoms with Crippen molar-refractivity contribution in [3.05, 3.63) is 71.1 Å². The van der Waals surface area contributed by atoms with Gasteiger partial charge in [0.1, 0.15) is 5.82 Å². The van der Waals surface area contributed by atoms with Crippen LogP contribution in [-0.2, 0) is 4.74 Å². The Balaban J connectivity index is 1.72. The number of rotatable bonds is 5. The van der Waals surface area contributed by atoms with E-state index in [1.807, 2.05) is 4.68 Å². The highest BCUT2D eigenvalue weighted by molar-refractivity contribution is 5.62. The van der Waals surface area contributed by atoms with Crippen LogP contribution in [0.15, 0.2) is 59.8 Å². The Morgan fingerprint density at radius 3 is 2.46 bits per heavy atom. The Labute approximate surface area is 166 Å². The zero-order valence-electron chi connectivity index (χ0n) is 16.7. The molecule has 2 heterocycles. The summed E-state index contributed by atoms with van der Waals surface area (Å²) in [6, 6.07) is 10.6. The maximum Gasteiger partial charge on any atom is 0.131 e. The molecule has 1 aromatic carbocycles. The number of nitrogens with two attached hydrogens (primary N) is 1. The van der Waals surface area contributed by atoms with E-state index in [4.69, 9.17) is 15.6 Å². The molecule has 1 saturated heterocycles. The summed E-state index contributed by atoms with van der Waals surface area (Å²) in [6.07, 6.45) is 4.25. The van der Waals surface area contributed by atoms with Gasteiger partial charge in [0.05, 0.1) is 18.9 Å². The minimum Gasteiger partial charge on any atom is -0.398 e. The highest BCUT2D eigenvalue weighted by Gasteiger charge is 2.21. The molecule has 146 valence electrons. The van der Waals surface area contributed by atoms with Crippen molar-refractivity contribution in [1.82, 2.24) is 14.7 Å². The fraction of sp³-hybridized carbons (Fsp3) is 0.348. The number of ether oxygens (including phenoxy) is 1. The monoisotopic (exact) mass is 376 g/mol. The van der Waals surface area contributed by atoms with Crippen LogP contribution in [0.2, 0.25) is 0 Å². The quantitative estimate of drug-likeness (QED) is 0.805. The van der Waals surface area contributed by atoms with E-state index in [9.17, 15) is 0 Å². The van der Waals surface area contributed by atoms with Crippen molar-refractivity contribution < 1.29 is 4.74 Å². The van der Waals surface area contributed by atoms with Gasteiger partial charge in [-0.25, -0.2) is 4.68 Å². The molecule has 0 spiro atoms. The zero-order valence-corrected chi connectivity index (χ0v) is 16.7. The summed E-state index contributed by atoms with van der Waals surface area (Å²) in [6.45, 7) is 11.5. The van der Waals surface area contributed by atoms with Gasteiger partial charge in [-0.05, 0) is 50.0 Å². The smallest absolute Gasteiger partial charge is 0.131 e. The van der Waals surface area contributed by atoms with Gasteiger partial charge >= 0.3 is 0 Å². The molecule has 1 aliphatic heterocycles. The molecule has 0 unspecified atom stereocenters. The van der Waals surface area contributed by atoms with E-state index >= 15 is 0 Å². The molecule has 5 nitrogen and oxygen atoms in total. The van der Waals surface area contributed by atoms with Crippen LogP contribution in [0.25, 0.3) is 17.1 Å². The van der Waals surface area contributed by atoms with E-state index in [1.165, 1.54) is 11.1 Å². The van der Waals surface area contributed by atoms with E-state index in [0.29, 0.717) is 13.2 Å². The molecule has 5 heteroatoms. The van der Waals surface area contributed by atoms with Gasteiger partial charge < -0.3 is 15.4 Å². The Kier molecular flexibility index (Phi) is 5.09. The summed E-state index contributed by atoms with van der Waals surface area (Å²) in [4.78, 5) is 2.30. The second-order valence-corrected chi connectivity index (χ2v) is 7.59. The van der Waals surface area contributed by atoms with Gasteiger partial charge in [0.25, 0.3) is 0 Å². The number of hydrogen-bond donors (Lipinski definition) is 1. The SMILES string of the molecule is C=C(/C=C(/N1CCOCC1)n1nc(-c2ccc(C)cc2)cc1C)C(N)=C1CC1. The summed E-state index contributed by atoms with van der Waals surface area (Å²) in [5, 5.41) is 4.93. The summed E-state index contributed by atoms with van der Waals surface area (Å²) >= 11 is 0. The number of benzene rings is 1. The number of nitrogens with zero attached hydrogens (tertiary/aromatic N) is 3. The van der Waals surface area contributed by atoms with Gasteiger partial charge in [-0.15, -0.1) is 0 Å². The summed E-state index contributed by atoms with van der Waals surface area (Å²) in [5.41, 5.74) is 13.7. The van der Waals surface area contributed by atoms with Gasteiger partial charge in [0.15, 0.2) is 0 Å². The molecular formula is C23H28N4O. The van der Waals surface area contributed by atoms with Crippen molar-refractivity contribution in [3.63, 3.8) is 0 Å². The van der Waals surface area contributed by atoms with Crippen LogP contribution in [0.3, 0.4) is 0 Å². The van der Waals surface area contributed by atoms with E-state index in [-0.39, 0.29) is 0 Å². The maximum atomic E-state index is 6.29. The van der Waals surface area contributed by atoms with Crippen LogP contribution >= 0.6 is 0 Å². The Bertz CT molecular complexity index is 937. The molecule has 0 bridgehead atoms. The molecule has 1 aliphatic carbocycles. The number of aryl methyl sites for hydroxylation is 2. The van der Waals surface area contributed by atoms with Gasteiger partial charge in [-0.3, -0.25) is 0 Å². The number of aromatic nitrogens is 2. The van der Waals surface area contributed by atoms with Crippen molar-refractivity contribution >= 4 is 5.82 Å². The molecule has 2 aliphatic rings. The van der Waals surface area contributed by atoms with Gasteiger partial charge in [-0.2, -0.15) is 5.10 Å². The lowest BCUT2D eigenvalue weighted by molar-refractivity contribution is 0.0611. The first-order chi connectivity index (χ1) is 13.5. The third-order valence-electron chi connectivity index (χ3n) is 5.32. The molecule has 2 N–H and O–H groups in total. The highest BCUT2D eigenvalue weighted by Crippen LogP contribution is 2.33. The fourth-order valence-corrected chi connectivity index (χ4v) is 3.44. The van der Waals surface area contributed by atoms with Gasteiger partial charge in [0.2, 0.25) is 0 Å². The van der Waals surface area contributed by atoms with Crippen LogP contribution in [0.4, 0.5) is 0 Å². The van der Waals surface area contributed by atoms with Crippen molar-refractivity contribution in [3.8, 4) is 11.3 Å². The van der Waals surface area contributed by atoms with Crippen LogP contribution in [-0.4, -0.2) is 41.0 Å². The van der Waals surface area contributed by atoms with E-state index in [1.54, 1.807) is 0 Å². The number of morpholine rings is 1. The van der Waals surface area contributed by atoms with E-state index in [2.05, 4.69) is 61.7 Å². The van der Waals surface area contributed by atoms with Crippen LogP contribution < -0.4 is 5.73 Å². The Hall–Kier alpha value is -2.79. The molecule has 1 aromatic heterocycles. The fourth-order valence-electron chi connectivity index (χ4n) is 3.44. The summed E-state index contributed by atoms with van der Waals surface area (Å²) in [7, 11) is 0. The largest absolute Gasteiger partial charge is 0.398 e. The lowest BCUT2D eigenvalue weighted by atomic mass is 10.1. The van der Waals surface area contributed by atoms with E-state index < -0.39 is 0 Å². The number of allylic oxidation sites excluding steroid dienone is 2. The van der Waals surface area contributed by atoms with Crippen molar-refractivity contribution in [1.29, 1.82) is 0 Å². The minimum atomic E-state index is 0.714. The van der Waals surface area contributed by atoms with Gasteiger partial charge in [-0.1, -0.05) is 36.4 Å². The maximum absolute atomic E-state index is 6.29. The van der Waals surface area contributed by atoms with Crippen LogP contribution in [0.1, 0.15) is 24.1 Å². The molecule has 1 saturated carbocycles. The van der Waals surface area contributed by atoms with Crippen LogP contribution in [0, 0.1) is 13.8 Å². The second kappa shape index (κ2) is 7.68. The Morgan fingerprint density at radius 1 is 1.14 bits per heavy atom. The molecule has 28 heavy (non-hydrogen) atoms. The third kappa shape index (κ3) is 3.90. The topological polar surface area (TPSA) is 56.3 Å². The van der Waals surface area contributed by atoms with Gasteiger partial charge in [0, 0.05) is 30.0 Å². The minimum absolute atomic E-state index is 0.714. The predicted octanol–water partition coefficient (Wildman–Crippen LogP) is 3.86. The molecular weight excluding hydrogens is 348 g/mol. The molecule has 2 aromatic rings. The van der Waals surface area contributed by atoms with Crippen molar-refractivity contribution in [2.24, 2.45) is 5.73 Å². The lowest BCUT2D eigenvalue weighted by Gasteiger charge is -2.31. The first-order valence-electron chi connectivity index (χ1n) is 9.88. The predicted molar refractivity (Wildman–Crippen MR) is 113 cm³/mol. The average molecular weight is 377 g/mol. The molecule has 4 rings (SSSR count). The zero-order chi connectivity index (χ0) is 19.7. The summed E-state index contributed by atoms with van der Waals surface area (Å²) in [5.74, 6) is 1.01. The third-order valence-corrected chi connectivity index (χ3v) is 5.32.